The summed E-state index contributed by atoms with van der Waals surface area (Å²) in [5.41, 5.74) is 1.72. The van der Waals surface area contributed by atoms with Gasteiger partial charge in [-0.1, -0.05) is 25.4 Å². The Morgan fingerprint density at radius 1 is 1.42 bits per heavy atom. The molecule has 2 aromatic rings. The van der Waals surface area contributed by atoms with Gasteiger partial charge in [0, 0.05) is 12.4 Å². The Hall–Kier alpha value is -1.68. The number of nitrogens with zero attached hydrogens (tertiary/aromatic N) is 1. The Balaban J connectivity index is 3.04. The minimum atomic E-state index is -0.958. The summed E-state index contributed by atoms with van der Waals surface area (Å²) >= 11 is 6.26. The topological polar surface area (TPSA) is 51.5 Å². The molecule has 0 saturated carbocycles. The zero-order valence-corrected chi connectivity index (χ0v) is 12.1. The number of benzene rings is 1. The molecule has 1 N–H and O–H groups in total. The van der Waals surface area contributed by atoms with E-state index in [9.17, 15) is 9.90 Å². The van der Waals surface area contributed by atoms with Crippen molar-refractivity contribution in [3.63, 3.8) is 0 Å². The number of fused-ring (bicyclic) bond motifs is 1. The average molecular weight is 282 g/mol. The summed E-state index contributed by atoms with van der Waals surface area (Å²) in [5, 5.41) is 10.8. The Labute approximate surface area is 116 Å². The van der Waals surface area contributed by atoms with Gasteiger partial charge in [0.25, 0.3) is 0 Å². The van der Waals surface area contributed by atoms with E-state index in [2.05, 4.69) is 0 Å². The third kappa shape index (κ3) is 1.96. The van der Waals surface area contributed by atoms with E-state index in [0.717, 1.165) is 16.5 Å². The van der Waals surface area contributed by atoms with Crippen LogP contribution < -0.4 is 4.74 Å². The van der Waals surface area contributed by atoms with Crippen LogP contribution in [0.15, 0.2) is 12.1 Å². The fourth-order valence-corrected chi connectivity index (χ4v) is 2.79. The molecule has 0 saturated heterocycles. The first-order valence-electron chi connectivity index (χ1n) is 5.98. The summed E-state index contributed by atoms with van der Waals surface area (Å²) in [7, 11) is 3.28. The van der Waals surface area contributed by atoms with Crippen LogP contribution in [0, 0.1) is 0 Å². The van der Waals surface area contributed by atoms with Gasteiger partial charge < -0.3 is 14.4 Å². The van der Waals surface area contributed by atoms with Crippen LogP contribution in [0.1, 0.15) is 35.8 Å². The van der Waals surface area contributed by atoms with Crippen LogP contribution in [0.3, 0.4) is 0 Å². The van der Waals surface area contributed by atoms with E-state index in [-0.39, 0.29) is 11.6 Å². The van der Waals surface area contributed by atoms with Gasteiger partial charge in [-0.25, -0.2) is 4.79 Å². The molecule has 0 radical (unpaired) electrons. The smallest absolute Gasteiger partial charge is 0.352 e. The lowest BCUT2D eigenvalue weighted by Crippen LogP contribution is -2.08. The molecule has 0 amide bonds. The van der Waals surface area contributed by atoms with E-state index in [1.165, 1.54) is 0 Å². The second kappa shape index (κ2) is 4.78. The molecule has 4 nitrogen and oxygen atoms in total. The molecule has 0 bridgehead atoms. The summed E-state index contributed by atoms with van der Waals surface area (Å²) in [4.78, 5) is 11.5. The Kier molecular flexibility index (Phi) is 3.45. The Morgan fingerprint density at radius 2 is 2.05 bits per heavy atom. The van der Waals surface area contributed by atoms with Gasteiger partial charge in [0.1, 0.15) is 11.4 Å². The minimum absolute atomic E-state index is 0.0550. The third-order valence-corrected chi connectivity index (χ3v) is 3.60. The highest BCUT2D eigenvalue weighted by Crippen LogP contribution is 2.40. The van der Waals surface area contributed by atoms with Crippen LogP contribution in [-0.2, 0) is 7.05 Å². The molecule has 102 valence electrons. The predicted octanol–water partition coefficient (Wildman–Crippen LogP) is 3.66. The molecular formula is C14H16ClNO3. The number of hydrogen-bond acceptors (Lipinski definition) is 2. The van der Waals surface area contributed by atoms with Crippen LogP contribution in [0.5, 0.6) is 5.75 Å². The number of carboxylic acid groups (broad SMARTS) is 1. The number of rotatable bonds is 3. The van der Waals surface area contributed by atoms with Crippen molar-refractivity contribution in [1.82, 2.24) is 4.57 Å². The summed E-state index contributed by atoms with van der Waals surface area (Å²) in [5.74, 6) is -0.281. The maximum absolute atomic E-state index is 11.5. The molecule has 2 rings (SSSR count). The average Bonchev–Trinajstić information content (AvgIpc) is 2.65. The summed E-state index contributed by atoms with van der Waals surface area (Å²) in [6, 6.07) is 3.49. The molecule has 1 aromatic carbocycles. The van der Waals surface area contributed by atoms with Gasteiger partial charge in [-0.3, -0.25) is 0 Å². The molecule has 0 unspecified atom stereocenters. The highest BCUT2D eigenvalue weighted by Gasteiger charge is 2.26. The van der Waals surface area contributed by atoms with Gasteiger partial charge in [0.15, 0.2) is 0 Å². The Morgan fingerprint density at radius 3 is 2.53 bits per heavy atom. The second-order valence-corrected chi connectivity index (χ2v) is 5.16. The van der Waals surface area contributed by atoms with Crippen molar-refractivity contribution in [2.45, 2.75) is 19.8 Å². The zero-order valence-electron chi connectivity index (χ0n) is 11.3. The normalized spacial score (nSPS) is 11.3. The summed E-state index contributed by atoms with van der Waals surface area (Å²) < 4.78 is 6.96. The van der Waals surface area contributed by atoms with Gasteiger partial charge >= 0.3 is 5.97 Å². The van der Waals surface area contributed by atoms with E-state index < -0.39 is 5.97 Å². The largest absolute Gasteiger partial charge is 0.495 e. The van der Waals surface area contributed by atoms with Gasteiger partial charge in [0.05, 0.1) is 17.6 Å². The highest BCUT2D eigenvalue weighted by molar-refractivity contribution is 6.36. The van der Waals surface area contributed by atoms with Gasteiger partial charge in [-0.05, 0) is 23.6 Å². The number of aromatic carboxylic acids is 1. The second-order valence-electron chi connectivity index (χ2n) is 4.75. The van der Waals surface area contributed by atoms with Crippen molar-refractivity contribution >= 4 is 28.5 Å². The number of aromatic nitrogens is 1. The first-order valence-corrected chi connectivity index (χ1v) is 6.36. The summed E-state index contributed by atoms with van der Waals surface area (Å²) in [6.07, 6.45) is 0. The minimum Gasteiger partial charge on any atom is -0.495 e. The standard InChI is InChI=1S/C14H16ClNO3/c1-7(2)10-11-8(15)5-6-9(19-4)12(11)16(3)13(10)14(17)18/h5-7H,1-4H3,(H,17,18). The number of carbonyl (C=O) groups is 1. The molecule has 0 aliphatic heterocycles. The lowest BCUT2D eigenvalue weighted by atomic mass is 9.99. The van der Waals surface area contributed by atoms with Crippen molar-refractivity contribution in [2.24, 2.45) is 7.05 Å². The van der Waals surface area contributed by atoms with E-state index >= 15 is 0 Å². The first kappa shape index (κ1) is 13.7. The molecule has 1 heterocycles. The lowest BCUT2D eigenvalue weighted by Gasteiger charge is -2.07. The molecule has 0 aliphatic rings. The number of methoxy groups -OCH3 is 1. The van der Waals surface area contributed by atoms with Crippen molar-refractivity contribution in [1.29, 1.82) is 0 Å². The van der Waals surface area contributed by atoms with E-state index in [1.54, 1.807) is 30.9 Å². The van der Waals surface area contributed by atoms with Crippen LogP contribution in [-0.4, -0.2) is 22.8 Å². The van der Waals surface area contributed by atoms with Crippen LogP contribution in [0.4, 0.5) is 0 Å². The number of carboxylic acids is 1. The number of hydrogen-bond donors (Lipinski definition) is 1. The Bertz CT molecular complexity index is 658. The third-order valence-electron chi connectivity index (χ3n) is 3.29. The molecule has 0 aliphatic carbocycles. The molecule has 0 spiro atoms. The monoisotopic (exact) mass is 281 g/mol. The molecule has 19 heavy (non-hydrogen) atoms. The zero-order chi connectivity index (χ0) is 14.3. The maximum Gasteiger partial charge on any atom is 0.352 e. The SMILES string of the molecule is COc1ccc(Cl)c2c(C(C)C)c(C(=O)O)n(C)c12. The lowest BCUT2D eigenvalue weighted by molar-refractivity contribution is 0.0685. The van der Waals surface area contributed by atoms with Crippen molar-refractivity contribution < 1.29 is 14.6 Å². The van der Waals surface area contributed by atoms with E-state index in [4.69, 9.17) is 16.3 Å². The van der Waals surface area contributed by atoms with Gasteiger partial charge in [0.2, 0.25) is 0 Å². The molecule has 0 fully saturated rings. The van der Waals surface area contributed by atoms with E-state index in [1.807, 2.05) is 13.8 Å². The van der Waals surface area contributed by atoms with Crippen LogP contribution >= 0.6 is 11.6 Å². The quantitative estimate of drug-likeness (QED) is 0.934. The highest BCUT2D eigenvalue weighted by atomic mass is 35.5. The van der Waals surface area contributed by atoms with Crippen molar-refractivity contribution in [2.75, 3.05) is 7.11 Å². The molecular weight excluding hydrogens is 266 g/mol. The van der Waals surface area contributed by atoms with Crippen molar-refractivity contribution in [3.8, 4) is 5.75 Å². The molecule has 0 atom stereocenters. The van der Waals surface area contributed by atoms with Crippen LogP contribution in [0.2, 0.25) is 5.02 Å². The molecule has 5 heteroatoms. The number of halogens is 1. The number of ether oxygens (including phenoxy) is 1. The van der Waals surface area contributed by atoms with Gasteiger partial charge in [-0.2, -0.15) is 0 Å². The summed E-state index contributed by atoms with van der Waals surface area (Å²) in [6.45, 7) is 3.91. The van der Waals surface area contributed by atoms with E-state index in [0.29, 0.717) is 10.8 Å². The maximum atomic E-state index is 11.5. The van der Waals surface area contributed by atoms with Crippen molar-refractivity contribution in [3.05, 3.63) is 28.4 Å². The molecule has 1 aromatic heterocycles. The van der Waals surface area contributed by atoms with Crippen LogP contribution in [0.25, 0.3) is 10.9 Å². The fourth-order valence-electron chi connectivity index (χ4n) is 2.53. The predicted molar refractivity (Wildman–Crippen MR) is 75.5 cm³/mol. The number of aryl methyl sites for hydroxylation is 1. The van der Waals surface area contributed by atoms with Gasteiger partial charge in [-0.15, -0.1) is 0 Å². The first-order chi connectivity index (χ1) is 8.90. The fraction of sp³-hybridized carbons (Fsp3) is 0.357.